The van der Waals surface area contributed by atoms with Crippen LogP contribution < -0.4 is 0 Å². The summed E-state index contributed by atoms with van der Waals surface area (Å²) < 4.78 is 23.0. The Bertz CT molecular complexity index is 740. The van der Waals surface area contributed by atoms with Gasteiger partial charge in [-0.25, -0.2) is 8.42 Å². The number of carbonyl (C=O) groups is 1. The molecule has 3 nitrogen and oxygen atoms in total. The summed E-state index contributed by atoms with van der Waals surface area (Å²) in [4.78, 5) is 14.6. The van der Waals surface area contributed by atoms with Gasteiger partial charge in [0.2, 0.25) is 0 Å². The monoisotopic (exact) mass is 294 g/mol. The van der Waals surface area contributed by atoms with Crippen LogP contribution >= 0.6 is 11.3 Å². The topological polar surface area (TPSA) is 51.2 Å². The number of ketones is 1. The normalized spacial score (nSPS) is 11.5. The molecule has 100 valence electrons. The summed E-state index contributed by atoms with van der Waals surface area (Å²) in [6.07, 6.45) is 1.14. The van der Waals surface area contributed by atoms with Gasteiger partial charge >= 0.3 is 0 Å². The van der Waals surface area contributed by atoms with Crippen LogP contribution in [0.2, 0.25) is 0 Å². The van der Waals surface area contributed by atoms with Crippen molar-refractivity contribution in [2.45, 2.75) is 18.7 Å². The summed E-state index contributed by atoms with van der Waals surface area (Å²) in [6.45, 7) is 3.84. The quantitative estimate of drug-likeness (QED) is 0.818. The first-order chi connectivity index (χ1) is 8.79. The van der Waals surface area contributed by atoms with E-state index < -0.39 is 9.84 Å². The molecule has 0 bridgehead atoms. The summed E-state index contributed by atoms with van der Waals surface area (Å²) in [7, 11) is -3.30. The number of aryl methyl sites for hydroxylation is 2. The molecular weight excluding hydrogens is 280 g/mol. The van der Waals surface area contributed by atoms with Crippen molar-refractivity contribution in [1.29, 1.82) is 0 Å². The lowest BCUT2D eigenvalue weighted by atomic mass is 10.0. The second-order valence-electron chi connectivity index (χ2n) is 4.46. The summed E-state index contributed by atoms with van der Waals surface area (Å²) >= 11 is 1.56. The number of thiophene rings is 1. The third-order valence-corrected chi connectivity index (χ3v) is 4.89. The Kier molecular flexibility index (Phi) is 3.60. The summed E-state index contributed by atoms with van der Waals surface area (Å²) in [5.74, 6) is -0.132. The maximum Gasteiger partial charge on any atom is 0.194 e. The molecule has 0 spiro atoms. The molecular formula is C14H14O3S2. The molecule has 2 aromatic rings. The highest BCUT2D eigenvalue weighted by atomic mass is 32.2. The second-order valence-corrected chi connectivity index (χ2v) is 7.93. The first-order valence-electron chi connectivity index (χ1n) is 5.71. The van der Waals surface area contributed by atoms with E-state index in [9.17, 15) is 13.2 Å². The van der Waals surface area contributed by atoms with E-state index in [1.54, 1.807) is 23.5 Å². The first-order valence-corrected chi connectivity index (χ1v) is 8.41. The van der Waals surface area contributed by atoms with E-state index in [-0.39, 0.29) is 10.7 Å². The van der Waals surface area contributed by atoms with E-state index in [1.165, 1.54) is 12.1 Å². The molecule has 1 aromatic carbocycles. The minimum absolute atomic E-state index is 0.132. The van der Waals surface area contributed by atoms with Crippen molar-refractivity contribution in [3.63, 3.8) is 0 Å². The molecule has 0 saturated heterocycles. The largest absolute Gasteiger partial charge is 0.289 e. The summed E-state index contributed by atoms with van der Waals surface area (Å²) in [6, 6.07) is 8.01. The highest BCUT2D eigenvalue weighted by Crippen LogP contribution is 2.24. The molecule has 0 radical (unpaired) electrons. The molecule has 0 aliphatic heterocycles. The van der Waals surface area contributed by atoms with Gasteiger partial charge in [-0.3, -0.25) is 4.79 Å². The zero-order valence-electron chi connectivity index (χ0n) is 10.9. The molecule has 0 aliphatic carbocycles. The lowest BCUT2D eigenvalue weighted by Crippen LogP contribution is -2.04. The Hall–Kier alpha value is -1.46. The predicted octanol–water partition coefficient (Wildman–Crippen LogP) is 3.00. The Morgan fingerprint density at radius 3 is 2.37 bits per heavy atom. The third kappa shape index (κ3) is 2.93. The number of hydrogen-bond donors (Lipinski definition) is 0. The average molecular weight is 294 g/mol. The van der Waals surface area contributed by atoms with Crippen LogP contribution in [0.25, 0.3) is 0 Å². The minimum atomic E-state index is -3.30. The fourth-order valence-electron chi connectivity index (χ4n) is 1.88. The van der Waals surface area contributed by atoms with Crippen molar-refractivity contribution in [2.24, 2.45) is 0 Å². The highest BCUT2D eigenvalue weighted by molar-refractivity contribution is 7.90. The van der Waals surface area contributed by atoms with Gasteiger partial charge in [0.1, 0.15) is 0 Å². The predicted molar refractivity (Wildman–Crippen MR) is 76.8 cm³/mol. The zero-order valence-corrected chi connectivity index (χ0v) is 12.6. The molecule has 0 aliphatic rings. The van der Waals surface area contributed by atoms with Crippen LogP contribution in [0.5, 0.6) is 0 Å². The second kappa shape index (κ2) is 4.90. The van der Waals surface area contributed by atoms with Crippen molar-refractivity contribution < 1.29 is 13.2 Å². The fraction of sp³-hybridized carbons (Fsp3) is 0.214. The van der Waals surface area contributed by atoms with Crippen LogP contribution in [-0.4, -0.2) is 20.5 Å². The van der Waals surface area contributed by atoms with Gasteiger partial charge in [0, 0.05) is 27.1 Å². The molecule has 0 saturated carbocycles. The Morgan fingerprint density at radius 1 is 1.16 bits per heavy atom. The van der Waals surface area contributed by atoms with Crippen LogP contribution in [0.3, 0.4) is 0 Å². The lowest BCUT2D eigenvalue weighted by Gasteiger charge is -2.03. The molecule has 0 N–H and O–H groups in total. The number of rotatable bonds is 3. The Balaban J connectivity index is 2.48. The van der Waals surface area contributed by atoms with Gasteiger partial charge in [-0.15, -0.1) is 11.3 Å². The SMILES string of the molecule is Cc1cc(C(=O)c2cccc(S(C)(=O)=O)c2)c(C)s1. The average Bonchev–Trinajstić information content (AvgIpc) is 2.66. The van der Waals surface area contributed by atoms with Crippen LogP contribution in [0.15, 0.2) is 35.2 Å². The van der Waals surface area contributed by atoms with Crippen molar-refractivity contribution in [2.75, 3.05) is 6.26 Å². The molecule has 1 heterocycles. The lowest BCUT2D eigenvalue weighted by molar-refractivity contribution is 0.103. The van der Waals surface area contributed by atoms with Crippen molar-refractivity contribution >= 4 is 27.0 Å². The van der Waals surface area contributed by atoms with Crippen LogP contribution in [0.1, 0.15) is 25.7 Å². The van der Waals surface area contributed by atoms with Gasteiger partial charge in [-0.1, -0.05) is 12.1 Å². The molecule has 0 amide bonds. The molecule has 1 aromatic heterocycles. The summed E-state index contributed by atoms with van der Waals surface area (Å²) in [5.41, 5.74) is 1.05. The fourth-order valence-corrected chi connectivity index (χ4v) is 3.47. The van der Waals surface area contributed by atoms with E-state index in [2.05, 4.69) is 0 Å². The smallest absolute Gasteiger partial charge is 0.194 e. The molecule has 2 rings (SSSR count). The van der Waals surface area contributed by atoms with Gasteiger partial charge in [0.05, 0.1) is 4.90 Å². The van der Waals surface area contributed by atoms with Crippen LogP contribution in [0, 0.1) is 13.8 Å². The standard InChI is InChI=1S/C14H14O3S2/c1-9-7-13(10(2)18-9)14(15)11-5-4-6-12(8-11)19(3,16)17/h4-8H,1-3H3. The van der Waals surface area contributed by atoms with Crippen molar-refractivity contribution in [1.82, 2.24) is 0 Å². The maximum atomic E-state index is 12.4. The van der Waals surface area contributed by atoms with E-state index in [1.807, 2.05) is 19.9 Å². The van der Waals surface area contributed by atoms with Gasteiger partial charge in [-0.2, -0.15) is 0 Å². The third-order valence-electron chi connectivity index (χ3n) is 2.81. The summed E-state index contributed by atoms with van der Waals surface area (Å²) in [5, 5.41) is 0. The number of carbonyl (C=O) groups excluding carboxylic acids is 1. The molecule has 19 heavy (non-hydrogen) atoms. The highest BCUT2D eigenvalue weighted by Gasteiger charge is 2.16. The van der Waals surface area contributed by atoms with Gasteiger partial charge in [0.15, 0.2) is 15.6 Å². The van der Waals surface area contributed by atoms with E-state index >= 15 is 0 Å². The maximum absolute atomic E-state index is 12.4. The molecule has 0 fully saturated rings. The van der Waals surface area contributed by atoms with Gasteiger partial charge in [0.25, 0.3) is 0 Å². The number of sulfone groups is 1. The Labute approximate surface area is 116 Å². The van der Waals surface area contributed by atoms with E-state index in [0.717, 1.165) is 16.0 Å². The van der Waals surface area contributed by atoms with Crippen LogP contribution in [0.4, 0.5) is 0 Å². The van der Waals surface area contributed by atoms with Gasteiger partial charge in [-0.05, 0) is 32.0 Å². The molecule has 5 heteroatoms. The minimum Gasteiger partial charge on any atom is -0.289 e. The number of benzene rings is 1. The molecule has 0 unspecified atom stereocenters. The van der Waals surface area contributed by atoms with Crippen molar-refractivity contribution in [3.8, 4) is 0 Å². The molecule has 0 atom stereocenters. The van der Waals surface area contributed by atoms with Gasteiger partial charge < -0.3 is 0 Å². The number of hydrogen-bond acceptors (Lipinski definition) is 4. The van der Waals surface area contributed by atoms with E-state index in [4.69, 9.17) is 0 Å². The van der Waals surface area contributed by atoms with E-state index in [0.29, 0.717) is 11.1 Å². The van der Waals surface area contributed by atoms with Crippen molar-refractivity contribution in [3.05, 3.63) is 51.2 Å². The Morgan fingerprint density at radius 2 is 1.84 bits per heavy atom. The zero-order chi connectivity index (χ0) is 14.2. The first kappa shape index (κ1) is 14.0. The van der Waals surface area contributed by atoms with Crippen LogP contribution in [-0.2, 0) is 9.84 Å².